The summed E-state index contributed by atoms with van der Waals surface area (Å²) < 4.78 is 16.7. The van der Waals surface area contributed by atoms with Crippen molar-refractivity contribution in [2.45, 2.75) is 6.54 Å². The van der Waals surface area contributed by atoms with Crippen molar-refractivity contribution in [3.05, 3.63) is 63.8 Å². The Labute approximate surface area is 146 Å². The number of nitrogens with zero attached hydrogens (tertiary/aromatic N) is 4. The minimum Gasteiger partial charge on any atom is -0.304 e. The summed E-state index contributed by atoms with van der Waals surface area (Å²) in [5.74, 6) is -0.538. The SMILES string of the molecule is Cn1ncc(Cl)c1C(=O)Nc1ccn(Cc2c(F)cccc2Cl)n1. The molecule has 2 aromatic heterocycles. The Hall–Kier alpha value is -2.38. The first-order valence-electron chi connectivity index (χ1n) is 6.91. The van der Waals surface area contributed by atoms with Crippen molar-refractivity contribution < 1.29 is 9.18 Å². The third kappa shape index (κ3) is 3.27. The van der Waals surface area contributed by atoms with Crippen LogP contribution >= 0.6 is 23.2 Å². The van der Waals surface area contributed by atoms with Gasteiger partial charge in [-0.15, -0.1) is 0 Å². The molecule has 6 nitrogen and oxygen atoms in total. The van der Waals surface area contributed by atoms with Gasteiger partial charge >= 0.3 is 0 Å². The van der Waals surface area contributed by atoms with E-state index in [2.05, 4.69) is 15.5 Å². The summed E-state index contributed by atoms with van der Waals surface area (Å²) in [6.45, 7) is 0.147. The van der Waals surface area contributed by atoms with Crippen LogP contribution in [0.2, 0.25) is 10.0 Å². The molecule has 0 radical (unpaired) electrons. The molecule has 0 aliphatic rings. The predicted molar refractivity (Wildman–Crippen MR) is 88.9 cm³/mol. The van der Waals surface area contributed by atoms with E-state index in [0.717, 1.165) is 0 Å². The number of hydrogen-bond acceptors (Lipinski definition) is 3. The van der Waals surface area contributed by atoms with Crippen molar-refractivity contribution in [2.75, 3.05) is 5.32 Å². The average molecular weight is 368 g/mol. The molecule has 3 aromatic rings. The quantitative estimate of drug-likeness (QED) is 0.768. The van der Waals surface area contributed by atoms with E-state index in [1.54, 1.807) is 25.4 Å². The second-order valence-corrected chi connectivity index (χ2v) is 5.83. The normalized spacial score (nSPS) is 10.8. The van der Waals surface area contributed by atoms with E-state index in [4.69, 9.17) is 23.2 Å². The zero-order valence-corrected chi connectivity index (χ0v) is 14.0. The Morgan fingerprint density at radius 2 is 2.08 bits per heavy atom. The predicted octanol–water partition coefficient (Wildman–Crippen LogP) is 3.36. The van der Waals surface area contributed by atoms with E-state index in [1.165, 1.54) is 27.7 Å². The molecule has 1 N–H and O–H groups in total. The molecule has 24 heavy (non-hydrogen) atoms. The molecule has 0 aliphatic carbocycles. The fourth-order valence-corrected chi connectivity index (χ4v) is 2.68. The molecule has 2 heterocycles. The van der Waals surface area contributed by atoms with E-state index in [9.17, 15) is 9.18 Å². The van der Waals surface area contributed by atoms with Gasteiger partial charge in [0.25, 0.3) is 5.91 Å². The number of halogens is 3. The summed E-state index contributed by atoms with van der Waals surface area (Å²) >= 11 is 11.9. The van der Waals surface area contributed by atoms with Crippen LogP contribution < -0.4 is 5.32 Å². The summed E-state index contributed by atoms with van der Waals surface area (Å²) in [6.07, 6.45) is 3.00. The van der Waals surface area contributed by atoms with Crippen LogP contribution in [-0.2, 0) is 13.6 Å². The highest BCUT2D eigenvalue weighted by atomic mass is 35.5. The van der Waals surface area contributed by atoms with Crippen LogP contribution in [0.3, 0.4) is 0 Å². The Morgan fingerprint density at radius 3 is 2.75 bits per heavy atom. The second kappa shape index (κ2) is 6.62. The molecule has 9 heteroatoms. The number of amides is 1. The Balaban J connectivity index is 1.76. The average Bonchev–Trinajstić information content (AvgIpc) is 3.10. The molecule has 3 rings (SSSR count). The van der Waals surface area contributed by atoms with E-state index >= 15 is 0 Å². The van der Waals surface area contributed by atoms with Gasteiger partial charge in [-0.3, -0.25) is 14.2 Å². The molecule has 0 fully saturated rings. The number of anilines is 1. The minimum atomic E-state index is -0.436. The van der Waals surface area contributed by atoms with Crippen molar-refractivity contribution >= 4 is 34.9 Å². The summed E-state index contributed by atoms with van der Waals surface area (Å²) in [4.78, 5) is 12.2. The molecule has 0 bridgehead atoms. The molecule has 0 atom stereocenters. The molecular weight excluding hydrogens is 356 g/mol. The van der Waals surface area contributed by atoms with Crippen LogP contribution in [0.15, 0.2) is 36.7 Å². The zero-order chi connectivity index (χ0) is 17.3. The number of aryl methyl sites for hydroxylation is 1. The molecule has 0 saturated heterocycles. The fraction of sp³-hybridized carbons (Fsp3) is 0.133. The van der Waals surface area contributed by atoms with Crippen LogP contribution in [0, 0.1) is 5.82 Å². The van der Waals surface area contributed by atoms with E-state index in [0.29, 0.717) is 16.4 Å². The number of carbonyl (C=O) groups excluding carboxylic acids is 1. The molecule has 0 unspecified atom stereocenters. The largest absolute Gasteiger partial charge is 0.304 e. The first-order chi connectivity index (χ1) is 11.5. The zero-order valence-electron chi connectivity index (χ0n) is 12.5. The van der Waals surface area contributed by atoms with Gasteiger partial charge in [-0.25, -0.2) is 4.39 Å². The summed E-state index contributed by atoms with van der Waals surface area (Å²) in [7, 11) is 1.61. The maximum absolute atomic E-state index is 13.8. The van der Waals surface area contributed by atoms with E-state index in [-0.39, 0.29) is 17.3 Å². The lowest BCUT2D eigenvalue weighted by Crippen LogP contribution is -2.17. The summed E-state index contributed by atoms with van der Waals surface area (Å²) in [6, 6.07) is 6.07. The van der Waals surface area contributed by atoms with Crippen molar-refractivity contribution in [3.63, 3.8) is 0 Å². The Bertz CT molecular complexity index is 865. The van der Waals surface area contributed by atoms with Crippen LogP contribution in [-0.4, -0.2) is 25.5 Å². The van der Waals surface area contributed by atoms with Gasteiger partial charge in [0.2, 0.25) is 0 Å². The number of rotatable bonds is 4. The smallest absolute Gasteiger partial charge is 0.276 e. The van der Waals surface area contributed by atoms with Gasteiger partial charge in [0.1, 0.15) is 11.5 Å². The fourth-order valence-electron chi connectivity index (χ4n) is 2.20. The van der Waals surface area contributed by atoms with E-state index in [1.807, 2.05) is 0 Å². The van der Waals surface area contributed by atoms with Gasteiger partial charge in [-0.05, 0) is 12.1 Å². The lowest BCUT2D eigenvalue weighted by molar-refractivity contribution is 0.101. The monoisotopic (exact) mass is 367 g/mol. The number of hydrogen-bond donors (Lipinski definition) is 1. The maximum atomic E-state index is 13.8. The highest BCUT2D eigenvalue weighted by molar-refractivity contribution is 6.34. The summed E-state index contributed by atoms with van der Waals surface area (Å²) in [5, 5.41) is 11.3. The van der Waals surface area contributed by atoms with Crippen molar-refractivity contribution in [1.82, 2.24) is 19.6 Å². The third-order valence-corrected chi connectivity index (χ3v) is 4.00. The maximum Gasteiger partial charge on any atom is 0.276 e. The van der Waals surface area contributed by atoms with Crippen molar-refractivity contribution in [1.29, 1.82) is 0 Å². The van der Waals surface area contributed by atoms with Gasteiger partial charge in [-0.2, -0.15) is 10.2 Å². The van der Waals surface area contributed by atoms with Gasteiger partial charge in [0.15, 0.2) is 5.82 Å². The lowest BCUT2D eigenvalue weighted by Gasteiger charge is -2.06. The number of aromatic nitrogens is 4. The first-order valence-corrected chi connectivity index (χ1v) is 7.66. The summed E-state index contributed by atoms with van der Waals surface area (Å²) in [5.41, 5.74) is 0.554. The van der Waals surface area contributed by atoms with Crippen molar-refractivity contribution in [2.24, 2.45) is 7.05 Å². The molecule has 0 saturated carbocycles. The van der Waals surface area contributed by atoms with Gasteiger partial charge in [-0.1, -0.05) is 29.3 Å². The van der Waals surface area contributed by atoms with Crippen molar-refractivity contribution in [3.8, 4) is 0 Å². The number of nitrogens with one attached hydrogen (secondary N) is 1. The second-order valence-electron chi connectivity index (χ2n) is 5.02. The molecule has 0 spiro atoms. The standard InChI is InChI=1S/C15H12Cl2FN5O/c1-22-14(11(17)7-19-22)15(24)20-13-5-6-23(21-13)8-9-10(16)3-2-4-12(9)18/h2-7H,8H2,1H3,(H,20,21,24). The van der Waals surface area contributed by atoms with Gasteiger partial charge in [0.05, 0.1) is 17.8 Å². The minimum absolute atomic E-state index is 0.147. The number of benzene rings is 1. The lowest BCUT2D eigenvalue weighted by atomic mass is 10.2. The third-order valence-electron chi connectivity index (χ3n) is 3.37. The Kier molecular flexibility index (Phi) is 4.55. The molecule has 1 amide bonds. The van der Waals surface area contributed by atoms with Crippen LogP contribution in [0.5, 0.6) is 0 Å². The van der Waals surface area contributed by atoms with Gasteiger partial charge < -0.3 is 5.32 Å². The highest BCUT2D eigenvalue weighted by Crippen LogP contribution is 2.20. The highest BCUT2D eigenvalue weighted by Gasteiger charge is 2.17. The Morgan fingerprint density at radius 1 is 1.29 bits per heavy atom. The first kappa shape index (κ1) is 16.5. The number of carbonyl (C=O) groups is 1. The molecular formula is C15H12Cl2FN5O. The van der Waals surface area contributed by atoms with Crippen LogP contribution in [0.25, 0.3) is 0 Å². The topological polar surface area (TPSA) is 64.7 Å². The van der Waals surface area contributed by atoms with E-state index < -0.39 is 11.7 Å². The molecule has 124 valence electrons. The molecule has 0 aliphatic heterocycles. The van der Waals surface area contributed by atoms with Gasteiger partial charge in [0, 0.05) is 29.9 Å². The molecule has 1 aromatic carbocycles. The van der Waals surface area contributed by atoms with Crippen LogP contribution in [0.1, 0.15) is 16.1 Å². The van der Waals surface area contributed by atoms with Crippen LogP contribution in [0.4, 0.5) is 10.2 Å².